The SMILES string of the molecule is N#Cc1ccc(Cn2cnnc2CN(Cc2ccc(F)cc2F)C(=O)C=Cc2ccc(Cl)c(Cl)c2)cc1. The van der Waals surface area contributed by atoms with Crippen molar-refractivity contribution in [1.29, 1.82) is 5.26 Å². The number of benzene rings is 3. The van der Waals surface area contributed by atoms with E-state index < -0.39 is 17.5 Å². The third-order valence-electron chi connectivity index (χ3n) is 5.51. The summed E-state index contributed by atoms with van der Waals surface area (Å²) in [6.45, 7) is 0.290. The molecule has 0 fully saturated rings. The number of carbonyl (C=O) groups excluding carboxylic acids is 1. The van der Waals surface area contributed by atoms with Crippen LogP contribution in [-0.2, 0) is 24.4 Å². The van der Waals surface area contributed by atoms with Crippen molar-refractivity contribution >= 4 is 35.2 Å². The number of halogens is 4. The van der Waals surface area contributed by atoms with E-state index in [0.29, 0.717) is 33.5 Å². The van der Waals surface area contributed by atoms with E-state index in [1.165, 1.54) is 23.4 Å². The average Bonchev–Trinajstić information content (AvgIpc) is 3.32. The van der Waals surface area contributed by atoms with Crippen LogP contribution in [0.15, 0.2) is 73.1 Å². The van der Waals surface area contributed by atoms with Crippen molar-refractivity contribution in [3.8, 4) is 6.07 Å². The Bertz CT molecular complexity index is 1500. The van der Waals surface area contributed by atoms with Crippen molar-refractivity contribution < 1.29 is 13.6 Å². The third kappa shape index (κ3) is 6.79. The lowest BCUT2D eigenvalue weighted by molar-refractivity contribution is -0.127. The van der Waals surface area contributed by atoms with E-state index in [1.54, 1.807) is 41.0 Å². The Hall–Kier alpha value is -4.06. The van der Waals surface area contributed by atoms with Gasteiger partial charge in [0.25, 0.3) is 0 Å². The topological polar surface area (TPSA) is 74.8 Å². The Balaban J connectivity index is 1.58. The van der Waals surface area contributed by atoms with E-state index in [9.17, 15) is 13.6 Å². The van der Waals surface area contributed by atoms with Crippen LogP contribution in [0.5, 0.6) is 0 Å². The normalized spacial score (nSPS) is 11.0. The maximum absolute atomic E-state index is 14.4. The van der Waals surface area contributed by atoms with Gasteiger partial charge in [0, 0.05) is 24.3 Å². The van der Waals surface area contributed by atoms with Crippen LogP contribution in [-0.4, -0.2) is 25.6 Å². The van der Waals surface area contributed by atoms with Gasteiger partial charge in [0.2, 0.25) is 5.91 Å². The monoisotopic (exact) mass is 537 g/mol. The third-order valence-corrected chi connectivity index (χ3v) is 6.25. The van der Waals surface area contributed by atoms with Crippen molar-refractivity contribution in [3.63, 3.8) is 0 Å². The summed E-state index contributed by atoms with van der Waals surface area (Å²) in [5.74, 6) is -1.43. The lowest BCUT2D eigenvalue weighted by Crippen LogP contribution is -2.30. The van der Waals surface area contributed by atoms with Gasteiger partial charge in [-0.25, -0.2) is 8.78 Å². The number of nitriles is 1. The number of aromatic nitrogens is 3. The summed E-state index contributed by atoms with van der Waals surface area (Å²) >= 11 is 12.0. The molecule has 3 aromatic carbocycles. The maximum Gasteiger partial charge on any atom is 0.247 e. The quantitative estimate of drug-likeness (QED) is 0.257. The second-order valence-electron chi connectivity index (χ2n) is 8.12. The summed E-state index contributed by atoms with van der Waals surface area (Å²) < 4.78 is 29.6. The Morgan fingerprint density at radius 1 is 1.03 bits per heavy atom. The van der Waals surface area contributed by atoms with E-state index in [2.05, 4.69) is 16.3 Å². The van der Waals surface area contributed by atoms with Crippen LogP contribution in [0.1, 0.15) is 28.1 Å². The molecule has 0 radical (unpaired) electrons. The minimum atomic E-state index is -0.759. The molecule has 37 heavy (non-hydrogen) atoms. The fourth-order valence-corrected chi connectivity index (χ4v) is 3.85. The van der Waals surface area contributed by atoms with Gasteiger partial charge in [-0.3, -0.25) is 4.79 Å². The van der Waals surface area contributed by atoms with Gasteiger partial charge in [-0.1, -0.05) is 47.5 Å². The lowest BCUT2D eigenvalue weighted by atomic mass is 10.1. The molecule has 0 saturated carbocycles. The molecule has 0 aliphatic rings. The molecule has 4 aromatic rings. The zero-order valence-corrected chi connectivity index (χ0v) is 20.8. The number of rotatable bonds is 8. The van der Waals surface area contributed by atoms with Crippen LogP contribution in [0, 0.1) is 23.0 Å². The largest absolute Gasteiger partial charge is 0.327 e. The van der Waals surface area contributed by atoms with Gasteiger partial charge < -0.3 is 9.47 Å². The Morgan fingerprint density at radius 2 is 1.81 bits per heavy atom. The molecule has 0 aliphatic heterocycles. The van der Waals surface area contributed by atoms with E-state index >= 15 is 0 Å². The molecule has 10 heteroatoms. The van der Waals surface area contributed by atoms with Crippen molar-refractivity contribution in [2.45, 2.75) is 19.6 Å². The standard InChI is InChI=1S/C27H19Cl2F2N5O/c28-23-9-5-18(11-24(23)29)6-10-27(37)35(15-21-7-8-22(30)12-25(21)31)16-26-34-33-17-36(26)14-20-3-1-19(13-32)2-4-20/h1-12,17H,14-16H2. The molecule has 0 bridgehead atoms. The number of nitrogens with zero attached hydrogens (tertiary/aromatic N) is 5. The van der Waals surface area contributed by atoms with E-state index in [0.717, 1.165) is 17.7 Å². The van der Waals surface area contributed by atoms with Gasteiger partial charge in [-0.15, -0.1) is 10.2 Å². The Kier molecular flexibility index (Phi) is 8.29. The van der Waals surface area contributed by atoms with Crippen LogP contribution in [0.2, 0.25) is 10.0 Å². The van der Waals surface area contributed by atoms with Gasteiger partial charge in [-0.2, -0.15) is 5.26 Å². The predicted octanol–water partition coefficient (Wildman–Crippen LogP) is 6.03. The summed E-state index contributed by atoms with van der Waals surface area (Å²) in [5, 5.41) is 17.8. The summed E-state index contributed by atoms with van der Waals surface area (Å²) in [6, 6.07) is 17.3. The van der Waals surface area contributed by atoms with Crippen LogP contribution < -0.4 is 0 Å². The van der Waals surface area contributed by atoms with E-state index in [-0.39, 0.29) is 18.7 Å². The highest BCUT2D eigenvalue weighted by atomic mass is 35.5. The summed E-state index contributed by atoms with van der Waals surface area (Å²) in [7, 11) is 0. The van der Waals surface area contributed by atoms with Crippen molar-refractivity contribution in [2.75, 3.05) is 0 Å². The minimum absolute atomic E-state index is 0.0116. The Morgan fingerprint density at radius 3 is 2.51 bits per heavy atom. The van der Waals surface area contributed by atoms with Crippen LogP contribution in [0.3, 0.4) is 0 Å². The molecule has 1 aromatic heterocycles. The molecule has 0 aliphatic carbocycles. The lowest BCUT2D eigenvalue weighted by Gasteiger charge is -2.22. The minimum Gasteiger partial charge on any atom is -0.327 e. The van der Waals surface area contributed by atoms with E-state index in [1.807, 2.05) is 12.1 Å². The molecule has 4 rings (SSSR count). The fourth-order valence-electron chi connectivity index (χ4n) is 3.54. The fraction of sp³-hybridized carbons (Fsp3) is 0.111. The van der Waals surface area contributed by atoms with Gasteiger partial charge in [0.1, 0.15) is 18.0 Å². The summed E-state index contributed by atoms with van der Waals surface area (Å²) in [4.78, 5) is 14.6. The van der Waals surface area contributed by atoms with Crippen LogP contribution in [0.25, 0.3) is 6.08 Å². The second kappa shape index (κ2) is 11.8. The highest BCUT2D eigenvalue weighted by Gasteiger charge is 2.18. The highest BCUT2D eigenvalue weighted by molar-refractivity contribution is 6.42. The average molecular weight is 538 g/mol. The van der Waals surface area contributed by atoms with Crippen LogP contribution in [0.4, 0.5) is 8.78 Å². The molecule has 0 N–H and O–H groups in total. The predicted molar refractivity (Wildman–Crippen MR) is 136 cm³/mol. The summed E-state index contributed by atoms with van der Waals surface area (Å²) in [5.41, 5.74) is 2.25. The van der Waals surface area contributed by atoms with Gasteiger partial charge in [0.05, 0.1) is 34.8 Å². The van der Waals surface area contributed by atoms with Crippen molar-refractivity contribution in [3.05, 3.63) is 123 Å². The van der Waals surface area contributed by atoms with Crippen molar-refractivity contribution in [2.24, 2.45) is 0 Å². The van der Waals surface area contributed by atoms with Gasteiger partial charge in [0.15, 0.2) is 5.82 Å². The first-order valence-electron chi connectivity index (χ1n) is 11.0. The first-order valence-corrected chi connectivity index (χ1v) is 11.8. The molecule has 0 unspecified atom stereocenters. The first-order chi connectivity index (χ1) is 17.8. The molecule has 0 atom stereocenters. The smallest absolute Gasteiger partial charge is 0.247 e. The summed E-state index contributed by atoms with van der Waals surface area (Å²) in [6.07, 6.45) is 4.43. The molecular weight excluding hydrogens is 519 g/mol. The molecule has 1 amide bonds. The maximum atomic E-state index is 14.4. The van der Waals surface area contributed by atoms with E-state index in [4.69, 9.17) is 28.5 Å². The molecule has 0 saturated heterocycles. The molecule has 186 valence electrons. The molecule has 6 nitrogen and oxygen atoms in total. The number of carbonyl (C=O) groups is 1. The van der Waals surface area contributed by atoms with Crippen LogP contribution >= 0.6 is 23.2 Å². The molecular formula is C27H19Cl2F2N5O. The first kappa shape index (κ1) is 26.0. The number of amides is 1. The number of hydrogen-bond acceptors (Lipinski definition) is 4. The molecule has 1 heterocycles. The van der Waals surface area contributed by atoms with Gasteiger partial charge in [-0.05, 0) is 47.5 Å². The second-order valence-corrected chi connectivity index (χ2v) is 8.94. The Labute approximate surface area is 222 Å². The number of hydrogen-bond donors (Lipinski definition) is 0. The van der Waals surface area contributed by atoms with Crippen molar-refractivity contribution in [1.82, 2.24) is 19.7 Å². The highest BCUT2D eigenvalue weighted by Crippen LogP contribution is 2.23. The zero-order valence-electron chi connectivity index (χ0n) is 19.3. The van der Waals surface area contributed by atoms with Gasteiger partial charge >= 0.3 is 0 Å². The molecule has 0 spiro atoms. The zero-order chi connectivity index (χ0) is 26.4.